The lowest BCUT2D eigenvalue weighted by Crippen LogP contribution is -2.31. The van der Waals surface area contributed by atoms with E-state index in [4.69, 9.17) is 29.0 Å². The van der Waals surface area contributed by atoms with Crippen molar-refractivity contribution in [3.05, 3.63) is 113 Å². The molecule has 1 saturated heterocycles. The van der Waals surface area contributed by atoms with Crippen molar-refractivity contribution in [2.45, 2.75) is 56.7 Å². The standard InChI is InChI=1S/C46H56N4O8S/c51-44(52)17-21-55-22-23-56-24-25-57-26-27-58-28-29-59-33-34-8-6-11-36(30-34)45(53)49-42-15-14-38(50-19-4-1-5-20-50)32-40(42)43-31-37(16-18-47-43)46(54)48-41-13-7-10-35-9-2-3-12-39(35)41/h2-3,6,8-9,11-12,14-16,18,30-32,41H,1,4-5,7,10,13,17,19-29,33H2,(H,48,54)(H,49,53)(H,51,52)/t41-/m0/s1. The molecule has 0 spiro atoms. The van der Waals surface area contributed by atoms with Gasteiger partial charge in [0.05, 0.1) is 76.7 Å². The van der Waals surface area contributed by atoms with E-state index >= 15 is 0 Å². The highest BCUT2D eigenvalue weighted by atomic mass is 32.2. The first-order valence-electron chi connectivity index (χ1n) is 20.7. The maximum atomic E-state index is 13.8. The number of aliphatic carboxylic acids is 1. The van der Waals surface area contributed by atoms with Crippen molar-refractivity contribution in [1.29, 1.82) is 0 Å². The minimum Gasteiger partial charge on any atom is -0.481 e. The number of aromatic nitrogens is 1. The van der Waals surface area contributed by atoms with Crippen LogP contribution < -0.4 is 15.5 Å². The van der Waals surface area contributed by atoms with Gasteiger partial charge in [0.15, 0.2) is 0 Å². The van der Waals surface area contributed by atoms with E-state index in [1.54, 1.807) is 24.0 Å². The molecule has 0 bridgehead atoms. The lowest BCUT2D eigenvalue weighted by molar-refractivity contribution is -0.138. The number of hydrogen-bond donors (Lipinski definition) is 3. The molecule has 1 atom stereocenters. The first-order chi connectivity index (χ1) is 28.9. The van der Waals surface area contributed by atoms with Gasteiger partial charge in [-0.25, -0.2) is 0 Å². The highest BCUT2D eigenvalue weighted by Crippen LogP contribution is 2.34. The summed E-state index contributed by atoms with van der Waals surface area (Å²) in [7, 11) is 0. The number of carbonyl (C=O) groups is 3. The summed E-state index contributed by atoms with van der Waals surface area (Å²) in [5.74, 6) is 0.297. The Kier molecular flexibility index (Phi) is 17.6. The van der Waals surface area contributed by atoms with Crippen LogP contribution in [0, 0.1) is 0 Å². The monoisotopic (exact) mass is 824 g/mol. The fourth-order valence-electron chi connectivity index (χ4n) is 7.29. The van der Waals surface area contributed by atoms with Gasteiger partial charge in [0.1, 0.15) is 0 Å². The van der Waals surface area contributed by atoms with Gasteiger partial charge in [0.2, 0.25) is 0 Å². The van der Waals surface area contributed by atoms with E-state index in [9.17, 15) is 14.4 Å². The molecule has 1 fully saturated rings. The lowest BCUT2D eigenvalue weighted by Gasteiger charge is -2.29. The summed E-state index contributed by atoms with van der Waals surface area (Å²) < 4.78 is 21.8. The second-order valence-electron chi connectivity index (χ2n) is 14.6. The molecular formula is C46H56N4O8S. The third kappa shape index (κ3) is 13.9. The van der Waals surface area contributed by atoms with Gasteiger partial charge in [-0.15, -0.1) is 0 Å². The Balaban J connectivity index is 0.998. The van der Waals surface area contributed by atoms with Crippen molar-refractivity contribution in [2.24, 2.45) is 0 Å². The van der Waals surface area contributed by atoms with Crippen molar-refractivity contribution >= 4 is 40.9 Å². The zero-order valence-electron chi connectivity index (χ0n) is 33.7. The Bertz CT molecular complexity index is 1970. The number of hydrogen-bond acceptors (Lipinski definition) is 10. The lowest BCUT2D eigenvalue weighted by atomic mass is 9.87. The molecule has 2 aliphatic rings. The van der Waals surface area contributed by atoms with Crippen molar-refractivity contribution in [3.8, 4) is 11.3 Å². The second-order valence-corrected chi connectivity index (χ2v) is 15.7. The number of fused-ring (bicyclic) bond motifs is 1. The zero-order chi connectivity index (χ0) is 41.1. The van der Waals surface area contributed by atoms with Crippen molar-refractivity contribution in [3.63, 3.8) is 0 Å². The fourth-order valence-corrected chi connectivity index (χ4v) is 8.09. The molecule has 0 radical (unpaired) electrons. The molecule has 13 heteroatoms. The van der Waals surface area contributed by atoms with Crippen molar-refractivity contribution in [1.82, 2.24) is 10.3 Å². The molecule has 59 heavy (non-hydrogen) atoms. The SMILES string of the molecule is O=C(O)CCOCCOCCOCCOCCSCc1cccc(C(=O)Nc2ccc(N3CCCCC3)cc2-c2cc(C(=O)N[C@H]3CCCc4ccccc43)ccn2)c1. The van der Waals surface area contributed by atoms with Gasteiger partial charge in [-0.1, -0.05) is 36.4 Å². The number of piperidine rings is 1. The van der Waals surface area contributed by atoms with E-state index in [0.29, 0.717) is 68.8 Å². The number of ether oxygens (including phenoxy) is 4. The molecule has 1 aliphatic carbocycles. The van der Waals surface area contributed by atoms with E-state index in [2.05, 4.69) is 45.9 Å². The smallest absolute Gasteiger partial charge is 0.305 e. The molecule has 0 saturated carbocycles. The van der Waals surface area contributed by atoms with E-state index in [0.717, 1.165) is 73.5 Å². The van der Waals surface area contributed by atoms with Gasteiger partial charge >= 0.3 is 5.97 Å². The quantitative estimate of drug-likeness (QED) is 0.0637. The van der Waals surface area contributed by atoms with Crippen LogP contribution in [0.15, 0.2) is 85.1 Å². The van der Waals surface area contributed by atoms with E-state index < -0.39 is 5.97 Å². The number of carboxylic acid groups (broad SMARTS) is 1. The number of anilines is 2. The van der Waals surface area contributed by atoms with Crippen LogP contribution in [-0.2, 0) is 35.9 Å². The Morgan fingerprint density at radius 1 is 0.746 bits per heavy atom. The van der Waals surface area contributed by atoms with Gasteiger partial charge in [-0.3, -0.25) is 19.4 Å². The summed E-state index contributed by atoms with van der Waals surface area (Å²) in [5, 5.41) is 15.0. The summed E-state index contributed by atoms with van der Waals surface area (Å²) in [5.41, 5.74) is 7.70. The Labute approximate surface area is 351 Å². The highest BCUT2D eigenvalue weighted by molar-refractivity contribution is 7.98. The number of carboxylic acids is 1. The topological polar surface area (TPSA) is 149 Å². The van der Waals surface area contributed by atoms with Crippen LogP contribution in [0.3, 0.4) is 0 Å². The number of thioether (sulfide) groups is 1. The van der Waals surface area contributed by atoms with Crippen LogP contribution in [0.2, 0.25) is 0 Å². The summed E-state index contributed by atoms with van der Waals surface area (Å²) >= 11 is 1.73. The number of nitrogens with zero attached hydrogens (tertiary/aromatic N) is 2. The number of aryl methyl sites for hydroxylation is 1. The molecular weight excluding hydrogens is 769 g/mol. The van der Waals surface area contributed by atoms with Crippen molar-refractivity contribution < 1.29 is 38.4 Å². The van der Waals surface area contributed by atoms with Crippen LogP contribution >= 0.6 is 11.8 Å². The first kappa shape index (κ1) is 43.8. The van der Waals surface area contributed by atoms with E-state index in [1.165, 1.54) is 17.5 Å². The maximum Gasteiger partial charge on any atom is 0.305 e. The number of amides is 2. The zero-order valence-corrected chi connectivity index (χ0v) is 34.5. The summed E-state index contributed by atoms with van der Waals surface area (Å²) in [6.07, 6.45) is 8.11. The summed E-state index contributed by atoms with van der Waals surface area (Å²) in [6.45, 7) is 5.30. The second kappa shape index (κ2) is 23.7. The van der Waals surface area contributed by atoms with Crippen LogP contribution in [0.25, 0.3) is 11.3 Å². The molecule has 2 heterocycles. The molecule has 0 unspecified atom stereocenters. The number of rotatable bonds is 23. The molecule has 2 amide bonds. The number of pyridine rings is 1. The minimum absolute atomic E-state index is 0.0127. The van der Waals surface area contributed by atoms with Crippen LogP contribution in [0.1, 0.15) is 82.0 Å². The van der Waals surface area contributed by atoms with Gasteiger partial charge in [0, 0.05) is 53.2 Å². The predicted octanol–water partition coefficient (Wildman–Crippen LogP) is 7.57. The number of nitrogens with one attached hydrogen (secondary N) is 2. The largest absolute Gasteiger partial charge is 0.481 e. The van der Waals surface area contributed by atoms with E-state index in [-0.39, 0.29) is 30.9 Å². The predicted molar refractivity (Wildman–Crippen MR) is 231 cm³/mol. The average molecular weight is 825 g/mol. The average Bonchev–Trinajstić information content (AvgIpc) is 3.27. The molecule has 314 valence electrons. The van der Waals surface area contributed by atoms with Gasteiger partial charge in [-0.2, -0.15) is 11.8 Å². The third-order valence-electron chi connectivity index (χ3n) is 10.4. The van der Waals surface area contributed by atoms with E-state index in [1.807, 2.05) is 42.5 Å². The van der Waals surface area contributed by atoms with Crippen LogP contribution in [-0.4, -0.2) is 99.6 Å². The molecule has 3 aromatic carbocycles. The van der Waals surface area contributed by atoms with Gasteiger partial charge < -0.3 is 39.6 Å². The Morgan fingerprint density at radius 2 is 1.47 bits per heavy atom. The van der Waals surface area contributed by atoms with Gasteiger partial charge in [0.25, 0.3) is 11.8 Å². The van der Waals surface area contributed by atoms with Crippen LogP contribution in [0.5, 0.6) is 0 Å². The normalized spacial score (nSPS) is 15.1. The molecule has 6 rings (SSSR count). The number of carbonyl (C=O) groups excluding carboxylic acids is 2. The first-order valence-corrected chi connectivity index (χ1v) is 21.8. The fraction of sp³-hybridized carbons (Fsp3) is 0.435. The molecule has 1 aliphatic heterocycles. The molecule has 1 aromatic heterocycles. The minimum atomic E-state index is -0.879. The highest BCUT2D eigenvalue weighted by Gasteiger charge is 2.23. The summed E-state index contributed by atoms with van der Waals surface area (Å²) in [4.78, 5) is 45.0. The number of benzene rings is 3. The van der Waals surface area contributed by atoms with Gasteiger partial charge in [-0.05, 0) is 97.7 Å². The van der Waals surface area contributed by atoms with Crippen LogP contribution in [0.4, 0.5) is 11.4 Å². The maximum absolute atomic E-state index is 13.8. The molecule has 3 N–H and O–H groups in total. The Hall–Kier alpha value is -4.79. The Morgan fingerprint density at radius 3 is 2.25 bits per heavy atom. The molecule has 12 nitrogen and oxygen atoms in total. The van der Waals surface area contributed by atoms with Crippen molar-refractivity contribution in [2.75, 3.05) is 81.9 Å². The summed E-state index contributed by atoms with van der Waals surface area (Å²) in [6, 6.07) is 25.7. The molecule has 4 aromatic rings. The third-order valence-corrected chi connectivity index (χ3v) is 11.3.